The number of carboxylic acids is 1. The fourth-order valence-electron chi connectivity index (χ4n) is 1.27. The molecule has 0 bridgehead atoms. The lowest BCUT2D eigenvalue weighted by molar-refractivity contribution is -0.141. The number of carbonyl (C=O) groups is 1. The molecule has 6 heteroatoms. The first-order valence-electron chi connectivity index (χ1n) is 4.96. The van der Waals surface area contributed by atoms with Crippen molar-refractivity contribution in [1.82, 2.24) is 4.98 Å². The van der Waals surface area contributed by atoms with Crippen LogP contribution in [0.25, 0.3) is 11.1 Å². The van der Waals surface area contributed by atoms with Crippen LogP contribution in [0.4, 0.5) is 10.4 Å². The summed E-state index contributed by atoms with van der Waals surface area (Å²) in [6.07, 6.45) is 0. The number of fused-ring (bicyclic) bond motifs is 1. The van der Waals surface area contributed by atoms with Gasteiger partial charge in [-0.15, -0.1) is 0 Å². The first-order valence-corrected chi connectivity index (χ1v) is 4.96. The van der Waals surface area contributed by atoms with Crippen molar-refractivity contribution in [2.45, 2.75) is 19.4 Å². The number of anilines is 1. The van der Waals surface area contributed by atoms with Crippen LogP contribution in [0.1, 0.15) is 13.8 Å². The third kappa shape index (κ3) is 2.20. The number of rotatable bonds is 3. The summed E-state index contributed by atoms with van der Waals surface area (Å²) in [6, 6.07) is 3.98. The number of nitrogens with one attached hydrogen (secondary N) is 1. The fraction of sp³-hybridized carbons (Fsp3) is 0.273. The standard InChI is InChI=1S/C11H11FN2O3/c1-11(2,9(15)16)14-10-13-7-4-3-6(12)5-8(7)17-10/h3-5H,1-2H3,(H,13,14)(H,15,16). The van der Waals surface area contributed by atoms with E-state index < -0.39 is 17.3 Å². The van der Waals surface area contributed by atoms with Gasteiger partial charge in [0.15, 0.2) is 5.58 Å². The van der Waals surface area contributed by atoms with Gasteiger partial charge >= 0.3 is 5.97 Å². The van der Waals surface area contributed by atoms with Gasteiger partial charge in [0.05, 0.1) is 0 Å². The molecule has 0 aliphatic carbocycles. The maximum atomic E-state index is 12.9. The Morgan fingerprint density at radius 1 is 1.53 bits per heavy atom. The Kier molecular flexibility index (Phi) is 2.49. The highest BCUT2D eigenvalue weighted by molar-refractivity contribution is 5.81. The van der Waals surface area contributed by atoms with Gasteiger partial charge in [-0.05, 0) is 26.0 Å². The topological polar surface area (TPSA) is 75.4 Å². The number of halogens is 1. The normalized spacial score (nSPS) is 11.7. The van der Waals surface area contributed by atoms with Crippen LogP contribution in [0.2, 0.25) is 0 Å². The summed E-state index contributed by atoms with van der Waals surface area (Å²) in [6.45, 7) is 2.95. The van der Waals surface area contributed by atoms with E-state index in [1.165, 1.54) is 32.0 Å². The second kappa shape index (κ2) is 3.73. The highest BCUT2D eigenvalue weighted by Gasteiger charge is 2.28. The number of hydrogen-bond donors (Lipinski definition) is 2. The molecular weight excluding hydrogens is 227 g/mol. The lowest BCUT2D eigenvalue weighted by atomic mass is 10.1. The van der Waals surface area contributed by atoms with Crippen molar-refractivity contribution < 1.29 is 18.7 Å². The Hall–Kier alpha value is -2.11. The molecule has 0 radical (unpaired) electrons. The van der Waals surface area contributed by atoms with E-state index in [1.54, 1.807) is 0 Å². The third-order valence-electron chi connectivity index (χ3n) is 2.30. The third-order valence-corrected chi connectivity index (χ3v) is 2.30. The van der Waals surface area contributed by atoms with Gasteiger partial charge in [-0.2, -0.15) is 4.98 Å². The average molecular weight is 238 g/mol. The van der Waals surface area contributed by atoms with Crippen molar-refractivity contribution in [3.05, 3.63) is 24.0 Å². The van der Waals surface area contributed by atoms with E-state index >= 15 is 0 Å². The zero-order valence-electron chi connectivity index (χ0n) is 9.32. The van der Waals surface area contributed by atoms with Crippen molar-refractivity contribution in [2.24, 2.45) is 0 Å². The Labute approximate surface area is 96.3 Å². The highest BCUT2D eigenvalue weighted by Crippen LogP contribution is 2.22. The average Bonchev–Trinajstić information content (AvgIpc) is 2.57. The number of hydrogen-bond acceptors (Lipinski definition) is 4. The van der Waals surface area contributed by atoms with Gasteiger partial charge in [-0.25, -0.2) is 9.18 Å². The molecule has 0 atom stereocenters. The maximum Gasteiger partial charge on any atom is 0.328 e. The van der Waals surface area contributed by atoms with Crippen molar-refractivity contribution >= 4 is 23.1 Å². The number of carboxylic acid groups (broad SMARTS) is 1. The van der Waals surface area contributed by atoms with Gasteiger partial charge in [0.1, 0.15) is 16.9 Å². The minimum atomic E-state index is -1.21. The van der Waals surface area contributed by atoms with E-state index in [9.17, 15) is 9.18 Å². The van der Waals surface area contributed by atoms with E-state index in [2.05, 4.69) is 10.3 Å². The molecule has 0 saturated heterocycles. The van der Waals surface area contributed by atoms with Crippen LogP contribution in [-0.4, -0.2) is 21.6 Å². The van der Waals surface area contributed by atoms with Crippen molar-refractivity contribution in [1.29, 1.82) is 0 Å². The number of aliphatic carboxylic acids is 1. The molecule has 1 aromatic carbocycles. The minimum Gasteiger partial charge on any atom is -0.480 e. The summed E-state index contributed by atoms with van der Waals surface area (Å²) in [7, 11) is 0. The van der Waals surface area contributed by atoms with Gasteiger partial charge in [-0.3, -0.25) is 0 Å². The van der Waals surface area contributed by atoms with Crippen molar-refractivity contribution in [2.75, 3.05) is 5.32 Å². The van der Waals surface area contributed by atoms with E-state index in [4.69, 9.17) is 9.52 Å². The molecule has 0 aliphatic rings. The van der Waals surface area contributed by atoms with Crippen LogP contribution in [0.15, 0.2) is 22.6 Å². The van der Waals surface area contributed by atoms with Crippen LogP contribution < -0.4 is 5.32 Å². The first-order chi connectivity index (χ1) is 7.88. The van der Waals surface area contributed by atoms with Crippen molar-refractivity contribution in [3.63, 3.8) is 0 Å². The molecular formula is C11H11FN2O3. The summed E-state index contributed by atoms with van der Waals surface area (Å²) in [5.74, 6) is -1.47. The number of aromatic nitrogens is 1. The molecule has 0 spiro atoms. The Morgan fingerprint density at radius 3 is 2.88 bits per heavy atom. The Bertz CT molecular complexity index is 577. The van der Waals surface area contributed by atoms with Gasteiger partial charge in [0, 0.05) is 6.07 Å². The second-order valence-electron chi connectivity index (χ2n) is 4.19. The molecule has 2 aromatic rings. The molecule has 1 heterocycles. The molecule has 90 valence electrons. The molecule has 17 heavy (non-hydrogen) atoms. The predicted octanol–water partition coefficient (Wildman–Crippen LogP) is 2.24. The zero-order valence-corrected chi connectivity index (χ0v) is 9.32. The van der Waals surface area contributed by atoms with Crippen molar-refractivity contribution in [3.8, 4) is 0 Å². The molecule has 2 N–H and O–H groups in total. The van der Waals surface area contributed by atoms with E-state index in [0.29, 0.717) is 5.52 Å². The monoisotopic (exact) mass is 238 g/mol. The van der Waals surface area contributed by atoms with Gasteiger partial charge in [0.2, 0.25) is 0 Å². The van der Waals surface area contributed by atoms with Crippen LogP contribution >= 0.6 is 0 Å². The summed E-state index contributed by atoms with van der Waals surface area (Å²) in [4.78, 5) is 14.9. The van der Waals surface area contributed by atoms with Gasteiger partial charge in [0.25, 0.3) is 6.01 Å². The number of benzene rings is 1. The summed E-state index contributed by atoms with van der Waals surface area (Å²) >= 11 is 0. The largest absolute Gasteiger partial charge is 0.480 e. The molecule has 0 fully saturated rings. The Balaban J connectivity index is 2.34. The highest BCUT2D eigenvalue weighted by atomic mass is 19.1. The molecule has 0 amide bonds. The van der Waals surface area contributed by atoms with Crippen LogP contribution in [0.5, 0.6) is 0 Å². The molecule has 1 aromatic heterocycles. The predicted molar refractivity (Wildman–Crippen MR) is 59.3 cm³/mol. The SMILES string of the molecule is CC(C)(Nc1nc2ccc(F)cc2o1)C(=O)O. The molecule has 5 nitrogen and oxygen atoms in total. The summed E-state index contributed by atoms with van der Waals surface area (Å²) < 4.78 is 18.1. The van der Waals surface area contributed by atoms with Gasteiger partial charge < -0.3 is 14.8 Å². The van der Waals surface area contributed by atoms with Crippen LogP contribution in [0, 0.1) is 5.82 Å². The summed E-state index contributed by atoms with van der Waals surface area (Å²) in [5.41, 5.74) is -0.469. The van der Waals surface area contributed by atoms with E-state index in [1.807, 2.05) is 0 Å². The smallest absolute Gasteiger partial charge is 0.328 e. The minimum absolute atomic E-state index is 0.0537. The lowest BCUT2D eigenvalue weighted by Gasteiger charge is -2.18. The first kappa shape index (κ1) is 11.4. The number of oxazole rings is 1. The van der Waals surface area contributed by atoms with Crippen LogP contribution in [0.3, 0.4) is 0 Å². The quantitative estimate of drug-likeness (QED) is 0.857. The molecule has 0 unspecified atom stereocenters. The fourth-order valence-corrected chi connectivity index (χ4v) is 1.27. The van der Waals surface area contributed by atoms with E-state index in [0.717, 1.165) is 0 Å². The molecule has 0 aliphatic heterocycles. The van der Waals surface area contributed by atoms with Gasteiger partial charge in [-0.1, -0.05) is 0 Å². The maximum absolute atomic E-state index is 12.9. The number of nitrogens with zero attached hydrogens (tertiary/aromatic N) is 1. The van der Waals surface area contributed by atoms with E-state index in [-0.39, 0.29) is 11.6 Å². The lowest BCUT2D eigenvalue weighted by Crippen LogP contribution is -2.40. The molecule has 0 saturated carbocycles. The molecule has 2 rings (SSSR count). The second-order valence-corrected chi connectivity index (χ2v) is 4.19. The van der Waals surface area contributed by atoms with Crippen LogP contribution in [-0.2, 0) is 4.79 Å². The summed E-state index contributed by atoms with van der Waals surface area (Å²) in [5, 5.41) is 11.6. The Morgan fingerprint density at radius 2 is 2.24 bits per heavy atom. The zero-order chi connectivity index (χ0) is 12.6.